The molecule has 1 rings (SSSR count). The lowest BCUT2D eigenvalue weighted by molar-refractivity contribution is 0.897. The van der Waals surface area contributed by atoms with Crippen LogP contribution in [0.5, 0.6) is 0 Å². The third-order valence-corrected chi connectivity index (χ3v) is 1.94. The van der Waals surface area contributed by atoms with Crippen LogP contribution in [0.1, 0.15) is 31.0 Å². The molecule has 0 saturated heterocycles. The predicted octanol–water partition coefficient (Wildman–Crippen LogP) is 2.96. The van der Waals surface area contributed by atoms with Crippen molar-refractivity contribution in [1.82, 2.24) is 0 Å². The SMILES string of the molecule is CC(C)=CC(N)c1cccc(C)c1. The van der Waals surface area contributed by atoms with Crippen LogP contribution in [0.2, 0.25) is 0 Å². The van der Waals surface area contributed by atoms with Crippen molar-refractivity contribution in [2.75, 3.05) is 0 Å². The molecular formula is C12H17N. The number of rotatable bonds is 2. The highest BCUT2D eigenvalue weighted by molar-refractivity contribution is 5.28. The molecule has 0 radical (unpaired) electrons. The standard InChI is InChI=1S/C12H17N/c1-9(2)7-12(13)11-6-4-5-10(3)8-11/h4-8,12H,13H2,1-3H3. The Kier molecular flexibility index (Phi) is 3.26. The zero-order valence-corrected chi connectivity index (χ0v) is 8.54. The van der Waals surface area contributed by atoms with E-state index in [1.54, 1.807) is 0 Å². The normalized spacial score (nSPS) is 12.3. The first kappa shape index (κ1) is 10.0. The number of nitrogens with two attached hydrogens (primary N) is 1. The van der Waals surface area contributed by atoms with Crippen LogP contribution in [-0.2, 0) is 0 Å². The summed E-state index contributed by atoms with van der Waals surface area (Å²) < 4.78 is 0. The van der Waals surface area contributed by atoms with Crippen LogP contribution < -0.4 is 5.73 Å². The summed E-state index contributed by atoms with van der Waals surface area (Å²) in [6.07, 6.45) is 2.08. The average Bonchev–Trinajstić information content (AvgIpc) is 2.03. The quantitative estimate of drug-likeness (QED) is 0.687. The number of allylic oxidation sites excluding steroid dienone is 1. The first-order chi connectivity index (χ1) is 6.09. The molecule has 0 heterocycles. The lowest BCUT2D eigenvalue weighted by Crippen LogP contribution is -2.07. The third kappa shape index (κ3) is 3.03. The van der Waals surface area contributed by atoms with E-state index in [0.717, 1.165) is 0 Å². The summed E-state index contributed by atoms with van der Waals surface area (Å²) in [6.45, 7) is 6.21. The van der Waals surface area contributed by atoms with Crippen molar-refractivity contribution in [2.45, 2.75) is 26.8 Å². The maximum Gasteiger partial charge on any atom is 0.0483 e. The maximum absolute atomic E-state index is 5.99. The van der Waals surface area contributed by atoms with E-state index in [1.807, 2.05) is 6.07 Å². The molecule has 0 amide bonds. The molecule has 0 spiro atoms. The Labute approximate surface area is 80.3 Å². The highest BCUT2D eigenvalue weighted by Gasteiger charge is 2.01. The van der Waals surface area contributed by atoms with E-state index in [0.29, 0.717) is 0 Å². The van der Waals surface area contributed by atoms with Gasteiger partial charge in [-0.1, -0.05) is 41.5 Å². The van der Waals surface area contributed by atoms with Crippen LogP contribution >= 0.6 is 0 Å². The van der Waals surface area contributed by atoms with Gasteiger partial charge >= 0.3 is 0 Å². The summed E-state index contributed by atoms with van der Waals surface area (Å²) in [4.78, 5) is 0. The molecule has 0 fully saturated rings. The van der Waals surface area contributed by atoms with Gasteiger partial charge in [0, 0.05) is 6.04 Å². The summed E-state index contributed by atoms with van der Waals surface area (Å²) in [7, 11) is 0. The zero-order valence-electron chi connectivity index (χ0n) is 8.54. The summed E-state index contributed by atoms with van der Waals surface area (Å²) in [5.41, 5.74) is 9.69. The summed E-state index contributed by atoms with van der Waals surface area (Å²) in [5, 5.41) is 0. The van der Waals surface area contributed by atoms with Crippen LogP contribution in [0.15, 0.2) is 35.9 Å². The second-order valence-corrected chi connectivity index (χ2v) is 3.68. The van der Waals surface area contributed by atoms with Gasteiger partial charge in [0.25, 0.3) is 0 Å². The van der Waals surface area contributed by atoms with Gasteiger partial charge in [-0.15, -0.1) is 0 Å². The number of aryl methyl sites for hydroxylation is 1. The first-order valence-corrected chi connectivity index (χ1v) is 4.57. The van der Waals surface area contributed by atoms with Gasteiger partial charge in [0.2, 0.25) is 0 Å². The van der Waals surface area contributed by atoms with E-state index in [1.165, 1.54) is 16.7 Å². The van der Waals surface area contributed by atoms with Gasteiger partial charge in [0.15, 0.2) is 0 Å². The topological polar surface area (TPSA) is 26.0 Å². The fraction of sp³-hybridized carbons (Fsp3) is 0.333. The van der Waals surface area contributed by atoms with Crippen LogP contribution in [0.4, 0.5) is 0 Å². The van der Waals surface area contributed by atoms with Crippen molar-refractivity contribution < 1.29 is 0 Å². The lowest BCUT2D eigenvalue weighted by atomic mass is 10.0. The first-order valence-electron chi connectivity index (χ1n) is 4.57. The molecular weight excluding hydrogens is 158 g/mol. The number of hydrogen-bond donors (Lipinski definition) is 1. The van der Waals surface area contributed by atoms with E-state index in [2.05, 4.69) is 45.0 Å². The highest BCUT2D eigenvalue weighted by Crippen LogP contribution is 2.14. The van der Waals surface area contributed by atoms with Gasteiger partial charge in [-0.05, 0) is 26.3 Å². The minimum atomic E-state index is 0.0323. The minimum absolute atomic E-state index is 0.0323. The fourth-order valence-electron chi connectivity index (χ4n) is 1.33. The van der Waals surface area contributed by atoms with Crippen molar-refractivity contribution in [3.05, 3.63) is 47.0 Å². The van der Waals surface area contributed by atoms with Crippen LogP contribution in [0.3, 0.4) is 0 Å². The Balaban J connectivity index is 2.89. The van der Waals surface area contributed by atoms with E-state index in [-0.39, 0.29) is 6.04 Å². The number of benzene rings is 1. The molecule has 0 bridgehead atoms. The molecule has 0 saturated carbocycles. The van der Waals surface area contributed by atoms with Crippen LogP contribution in [-0.4, -0.2) is 0 Å². The average molecular weight is 175 g/mol. The van der Waals surface area contributed by atoms with E-state index in [9.17, 15) is 0 Å². The minimum Gasteiger partial charge on any atom is -0.321 e. The van der Waals surface area contributed by atoms with Crippen molar-refractivity contribution in [3.63, 3.8) is 0 Å². The molecule has 1 nitrogen and oxygen atoms in total. The highest BCUT2D eigenvalue weighted by atomic mass is 14.6. The Bertz CT molecular complexity index is 309. The molecule has 0 aromatic heterocycles. The van der Waals surface area contributed by atoms with Gasteiger partial charge < -0.3 is 5.73 Å². The second-order valence-electron chi connectivity index (χ2n) is 3.68. The molecule has 70 valence electrons. The lowest BCUT2D eigenvalue weighted by Gasteiger charge is -2.08. The Morgan fingerprint density at radius 2 is 2.08 bits per heavy atom. The van der Waals surface area contributed by atoms with Gasteiger partial charge in [-0.3, -0.25) is 0 Å². The van der Waals surface area contributed by atoms with E-state index >= 15 is 0 Å². The Hall–Kier alpha value is -1.08. The fourth-order valence-corrected chi connectivity index (χ4v) is 1.33. The summed E-state index contributed by atoms with van der Waals surface area (Å²) >= 11 is 0. The van der Waals surface area contributed by atoms with E-state index in [4.69, 9.17) is 5.73 Å². The second kappa shape index (κ2) is 4.24. The van der Waals surface area contributed by atoms with Crippen LogP contribution in [0.25, 0.3) is 0 Å². The predicted molar refractivity (Wildman–Crippen MR) is 57.5 cm³/mol. The maximum atomic E-state index is 5.99. The largest absolute Gasteiger partial charge is 0.321 e. The molecule has 0 aliphatic rings. The van der Waals surface area contributed by atoms with Crippen molar-refractivity contribution in [3.8, 4) is 0 Å². The smallest absolute Gasteiger partial charge is 0.0483 e. The number of hydrogen-bond acceptors (Lipinski definition) is 1. The molecule has 0 aliphatic heterocycles. The molecule has 1 unspecified atom stereocenters. The van der Waals surface area contributed by atoms with Gasteiger partial charge in [-0.25, -0.2) is 0 Å². The van der Waals surface area contributed by atoms with E-state index < -0.39 is 0 Å². The Morgan fingerprint density at radius 3 is 2.62 bits per heavy atom. The molecule has 1 atom stereocenters. The molecule has 1 heteroatoms. The van der Waals surface area contributed by atoms with Gasteiger partial charge in [0.1, 0.15) is 0 Å². The zero-order chi connectivity index (χ0) is 9.84. The van der Waals surface area contributed by atoms with Crippen molar-refractivity contribution >= 4 is 0 Å². The van der Waals surface area contributed by atoms with Crippen LogP contribution in [0, 0.1) is 6.92 Å². The van der Waals surface area contributed by atoms with Gasteiger partial charge in [0.05, 0.1) is 0 Å². The molecule has 13 heavy (non-hydrogen) atoms. The van der Waals surface area contributed by atoms with Crippen molar-refractivity contribution in [1.29, 1.82) is 0 Å². The summed E-state index contributed by atoms with van der Waals surface area (Å²) in [6, 6.07) is 8.36. The molecule has 1 aromatic rings. The third-order valence-electron chi connectivity index (χ3n) is 1.94. The monoisotopic (exact) mass is 175 g/mol. The van der Waals surface area contributed by atoms with Gasteiger partial charge in [-0.2, -0.15) is 0 Å². The van der Waals surface area contributed by atoms with Crippen molar-refractivity contribution in [2.24, 2.45) is 5.73 Å². The molecule has 0 aliphatic carbocycles. The Morgan fingerprint density at radius 1 is 1.38 bits per heavy atom. The molecule has 1 aromatic carbocycles. The molecule has 2 N–H and O–H groups in total. The summed E-state index contributed by atoms with van der Waals surface area (Å²) in [5.74, 6) is 0.